The summed E-state index contributed by atoms with van der Waals surface area (Å²) in [5.41, 5.74) is 3.50. The van der Waals surface area contributed by atoms with E-state index < -0.39 is 52.8 Å². The molecule has 2 saturated heterocycles. The van der Waals surface area contributed by atoms with Crippen LogP contribution in [0.5, 0.6) is 0 Å². The lowest BCUT2D eigenvalue weighted by atomic mass is 9.84. The van der Waals surface area contributed by atoms with Crippen LogP contribution in [0.15, 0.2) is 36.5 Å². The first-order valence-corrected chi connectivity index (χ1v) is 17.6. The lowest BCUT2D eigenvalue weighted by Crippen LogP contribution is -2.63. The summed E-state index contributed by atoms with van der Waals surface area (Å²) >= 11 is 1.62. The summed E-state index contributed by atoms with van der Waals surface area (Å²) in [6.07, 6.45) is 7.58. The van der Waals surface area contributed by atoms with Crippen molar-refractivity contribution in [2.75, 3.05) is 18.1 Å². The Labute approximate surface area is 278 Å². The van der Waals surface area contributed by atoms with Gasteiger partial charge >= 0.3 is 0 Å². The number of amides is 4. The third kappa shape index (κ3) is 7.86. The highest BCUT2D eigenvalue weighted by Gasteiger charge is 2.49. The average molecular weight is 668 g/mol. The number of primary amides is 1. The molecule has 5 rings (SSSR count). The summed E-state index contributed by atoms with van der Waals surface area (Å²) in [6, 6.07) is 6.18. The summed E-state index contributed by atoms with van der Waals surface area (Å²) < 4.78 is 1.54. The second-order valence-corrected chi connectivity index (χ2v) is 14.8. The molecule has 1 aromatic carbocycles. The largest absolute Gasteiger partial charge is 0.384 e. The predicted octanol–water partition coefficient (Wildman–Crippen LogP) is 1.85. The molecular weight excluding hydrogens is 622 g/mol. The number of hydrogen-bond donors (Lipinski definition) is 4. The van der Waals surface area contributed by atoms with Gasteiger partial charge in [0, 0.05) is 18.5 Å². The van der Waals surface area contributed by atoms with Crippen LogP contribution in [0.1, 0.15) is 93.7 Å². The molecule has 1 aromatic heterocycles. The van der Waals surface area contributed by atoms with Crippen molar-refractivity contribution in [2.24, 2.45) is 11.7 Å². The second-order valence-electron chi connectivity index (χ2n) is 13.5. The highest BCUT2D eigenvalue weighted by atomic mass is 32.2. The van der Waals surface area contributed by atoms with Crippen molar-refractivity contribution >= 4 is 41.2 Å². The number of nitrogens with two attached hydrogens (primary N) is 1. The van der Waals surface area contributed by atoms with Gasteiger partial charge in [-0.3, -0.25) is 24.0 Å². The van der Waals surface area contributed by atoms with E-state index in [1.165, 1.54) is 15.8 Å². The van der Waals surface area contributed by atoms with Crippen molar-refractivity contribution < 1.29 is 29.1 Å². The molecule has 3 atom stereocenters. The minimum Gasteiger partial charge on any atom is -0.384 e. The molecule has 5 N–H and O–H groups in total. The SMILES string of the molecule is CC(C)(O)c1cnnn1[C@H]1C[C@@H](C(=O)NC2(C(=O)C(N)=O)CCSCC2)N(C(=O)C(CC2CCCCC2)NC(=O)c2ccccc2)C1. The summed E-state index contributed by atoms with van der Waals surface area (Å²) in [6.45, 7) is 3.26. The fourth-order valence-electron chi connectivity index (χ4n) is 7.13. The number of hydrogen-bond acceptors (Lipinski definition) is 9. The Morgan fingerprint density at radius 3 is 2.40 bits per heavy atom. The number of aromatic nitrogens is 3. The van der Waals surface area contributed by atoms with Crippen molar-refractivity contribution in [3.8, 4) is 0 Å². The van der Waals surface area contributed by atoms with Crippen LogP contribution in [-0.4, -0.2) is 90.1 Å². The molecule has 3 fully saturated rings. The molecule has 2 aromatic rings. The van der Waals surface area contributed by atoms with E-state index >= 15 is 0 Å². The molecule has 0 bridgehead atoms. The first-order chi connectivity index (χ1) is 22.4. The number of carbonyl (C=O) groups is 5. The van der Waals surface area contributed by atoms with Gasteiger partial charge in [0.2, 0.25) is 17.6 Å². The van der Waals surface area contributed by atoms with E-state index in [0.717, 1.165) is 32.1 Å². The number of rotatable bonds is 11. The predicted molar refractivity (Wildman–Crippen MR) is 175 cm³/mol. The molecule has 3 heterocycles. The minimum atomic E-state index is -1.46. The van der Waals surface area contributed by atoms with Crippen molar-refractivity contribution in [1.29, 1.82) is 0 Å². The summed E-state index contributed by atoms with van der Waals surface area (Å²) in [5.74, 6) is -2.03. The monoisotopic (exact) mass is 667 g/mol. The van der Waals surface area contributed by atoms with Gasteiger partial charge in [0.15, 0.2) is 0 Å². The van der Waals surface area contributed by atoms with Gasteiger partial charge in [0.1, 0.15) is 23.2 Å². The van der Waals surface area contributed by atoms with Gasteiger partial charge in [0.25, 0.3) is 11.8 Å². The van der Waals surface area contributed by atoms with E-state index in [1.54, 1.807) is 49.9 Å². The Bertz CT molecular complexity index is 1460. The molecular formula is C33H45N7O6S. The Hall–Kier alpha value is -3.78. The first kappa shape index (κ1) is 34.6. The van der Waals surface area contributed by atoms with Gasteiger partial charge in [-0.05, 0) is 62.7 Å². The van der Waals surface area contributed by atoms with E-state index in [0.29, 0.717) is 29.2 Å². The number of Topliss-reactive ketones (excluding diaryl/α,β-unsaturated/α-hetero) is 1. The number of carbonyl (C=O) groups excluding carboxylic acids is 5. The van der Waals surface area contributed by atoms with E-state index in [-0.39, 0.29) is 37.6 Å². The summed E-state index contributed by atoms with van der Waals surface area (Å²) in [5, 5.41) is 24.9. The van der Waals surface area contributed by atoms with E-state index in [9.17, 15) is 29.1 Å². The molecule has 1 unspecified atom stereocenters. The number of ketones is 1. The van der Waals surface area contributed by atoms with Gasteiger partial charge in [-0.1, -0.05) is 55.5 Å². The number of thioether (sulfide) groups is 1. The lowest BCUT2D eigenvalue weighted by molar-refractivity contribution is -0.145. The van der Waals surface area contributed by atoms with Crippen LogP contribution in [0.3, 0.4) is 0 Å². The van der Waals surface area contributed by atoms with Gasteiger partial charge in [-0.2, -0.15) is 11.8 Å². The molecule has 2 aliphatic heterocycles. The quantitative estimate of drug-likeness (QED) is 0.259. The third-order valence-corrected chi connectivity index (χ3v) is 10.7. The van der Waals surface area contributed by atoms with Crippen LogP contribution in [0.4, 0.5) is 0 Å². The van der Waals surface area contributed by atoms with Crippen LogP contribution in [0, 0.1) is 5.92 Å². The number of benzene rings is 1. The fourth-order valence-corrected chi connectivity index (χ4v) is 8.32. The second kappa shape index (κ2) is 14.5. The zero-order valence-electron chi connectivity index (χ0n) is 27.0. The van der Waals surface area contributed by atoms with Gasteiger partial charge in [-0.25, -0.2) is 4.68 Å². The van der Waals surface area contributed by atoms with Crippen molar-refractivity contribution in [3.05, 3.63) is 47.8 Å². The highest BCUT2D eigenvalue weighted by Crippen LogP contribution is 2.35. The summed E-state index contributed by atoms with van der Waals surface area (Å²) in [7, 11) is 0. The average Bonchev–Trinajstić information content (AvgIpc) is 3.73. The fraction of sp³-hybridized carbons (Fsp3) is 0.606. The molecule has 0 radical (unpaired) electrons. The normalized spacial score (nSPS) is 22.3. The maximum Gasteiger partial charge on any atom is 0.287 e. The number of aliphatic hydroxyl groups is 1. The molecule has 4 amide bonds. The molecule has 1 aliphatic carbocycles. The lowest BCUT2D eigenvalue weighted by Gasteiger charge is -2.37. The zero-order valence-corrected chi connectivity index (χ0v) is 27.8. The van der Waals surface area contributed by atoms with Crippen LogP contribution in [0.25, 0.3) is 0 Å². The number of nitrogens with zero attached hydrogens (tertiary/aromatic N) is 4. The first-order valence-electron chi connectivity index (χ1n) is 16.4. The smallest absolute Gasteiger partial charge is 0.287 e. The molecule has 3 aliphatic rings. The number of likely N-dealkylation sites (tertiary alicyclic amines) is 1. The van der Waals surface area contributed by atoms with Crippen molar-refractivity contribution in [3.63, 3.8) is 0 Å². The molecule has 14 heteroatoms. The third-order valence-electron chi connectivity index (χ3n) is 9.71. The maximum absolute atomic E-state index is 14.6. The zero-order chi connectivity index (χ0) is 33.8. The maximum atomic E-state index is 14.6. The Kier molecular flexibility index (Phi) is 10.7. The van der Waals surface area contributed by atoms with Crippen LogP contribution < -0.4 is 16.4 Å². The van der Waals surface area contributed by atoms with E-state index in [2.05, 4.69) is 20.9 Å². The molecule has 47 heavy (non-hydrogen) atoms. The Morgan fingerprint density at radius 1 is 1.09 bits per heavy atom. The van der Waals surface area contributed by atoms with Gasteiger partial charge in [-0.15, -0.1) is 5.10 Å². The molecule has 1 saturated carbocycles. The van der Waals surface area contributed by atoms with E-state index in [4.69, 9.17) is 5.73 Å². The van der Waals surface area contributed by atoms with Crippen molar-refractivity contribution in [1.82, 2.24) is 30.5 Å². The van der Waals surface area contributed by atoms with Crippen LogP contribution in [0.2, 0.25) is 0 Å². The molecule has 254 valence electrons. The van der Waals surface area contributed by atoms with Crippen molar-refractivity contribution in [2.45, 2.75) is 101 Å². The highest BCUT2D eigenvalue weighted by molar-refractivity contribution is 7.99. The molecule has 0 spiro atoms. The van der Waals surface area contributed by atoms with Gasteiger partial charge in [0.05, 0.1) is 17.9 Å². The van der Waals surface area contributed by atoms with Crippen LogP contribution in [-0.2, 0) is 24.8 Å². The standard InChI is InChI=1S/C33H45N7O6S/c1-32(2,46)26-19-35-38-40(26)23-18-25(30(44)37-33(27(41)28(34)42)13-15-47-16-14-33)39(20-23)31(45)24(17-21-9-5-3-6-10-21)36-29(43)22-11-7-4-8-12-22/h4,7-8,11-12,19,21,23-25,46H,3,5-6,9-10,13-18,20H2,1-2H3,(H2,34,42)(H,36,43)(H,37,44)/t23-,24?,25-/m0/s1. The van der Waals surface area contributed by atoms with Gasteiger partial charge < -0.3 is 26.4 Å². The minimum absolute atomic E-state index is 0.0539. The molecule has 13 nitrogen and oxygen atoms in total. The Morgan fingerprint density at radius 2 is 1.77 bits per heavy atom. The number of nitrogens with one attached hydrogen (secondary N) is 2. The Balaban J connectivity index is 1.48. The van der Waals surface area contributed by atoms with Crippen LogP contribution >= 0.6 is 11.8 Å². The topological polar surface area (TPSA) is 190 Å². The summed E-state index contributed by atoms with van der Waals surface area (Å²) in [4.78, 5) is 68.8. The van der Waals surface area contributed by atoms with E-state index in [1.807, 2.05) is 6.07 Å².